The minimum absolute atomic E-state index is 0.00451. The van der Waals surface area contributed by atoms with E-state index < -0.39 is 0 Å². The lowest BCUT2D eigenvalue weighted by Gasteiger charge is -2.24. The molecule has 26 heavy (non-hydrogen) atoms. The third-order valence-corrected chi connectivity index (χ3v) is 5.30. The SMILES string of the molecule is COc1ccccc1CN(C(=O)CNC(=O)c1ccccc1I)C1CC1. The summed E-state index contributed by atoms with van der Waals surface area (Å²) in [4.78, 5) is 26.9. The molecule has 136 valence electrons. The molecule has 1 N–H and O–H groups in total. The van der Waals surface area contributed by atoms with Crippen molar-refractivity contribution in [3.8, 4) is 5.75 Å². The lowest BCUT2D eigenvalue weighted by Crippen LogP contribution is -2.41. The molecule has 3 rings (SSSR count). The van der Waals surface area contributed by atoms with Gasteiger partial charge in [0.2, 0.25) is 5.91 Å². The Kier molecular flexibility index (Phi) is 6.13. The van der Waals surface area contributed by atoms with Crippen LogP contribution in [0.1, 0.15) is 28.8 Å². The van der Waals surface area contributed by atoms with E-state index in [0.29, 0.717) is 12.1 Å². The van der Waals surface area contributed by atoms with Crippen LogP contribution in [0.25, 0.3) is 0 Å². The van der Waals surface area contributed by atoms with Gasteiger partial charge >= 0.3 is 0 Å². The quantitative estimate of drug-likeness (QED) is 0.641. The first-order valence-electron chi connectivity index (χ1n) is 8.54. The first-order chi connectivity index (χ1) is 12.6. The molecule has 5 nitrogen and oxygen atoms in total. The number of rotatable bonds is 7. The Bertz CT molecular complexity index is 805. The summed E-state index contributed by atoms with van der Waals surface area (Å²) in [7, 11) is 1.63. The van der Waals surface area contributed by atoms with Crippen LogP contribution in [-0.2, 0) is 11.3 Å². The van der Waals surface area contributed by atoms with E-state index in [2.05, 4.69) is 27.9 Å². The molecule has 2 amide bonds. The fourth-order valence-corrected chi connectivity index (χ4v) is 3.45. The van der Waals surface area contributed by atoms with Gasteiger partial charge in [-0.1, -0.05) is 30.3 Å². The van der Waals surface area contributed by atoms with Gasteiger partial charge in [-0.25, -0.2) is 0 Å². The topological polar surface area (TPSA) is 58.6 Å². The van der Waals surface area contributed by atoms with Crippen molar-refractivity contribution in [3.63, 3.8) is 0 Å². The maximum atomic E-state index is 12.7. The van der Waals surface area contributed by atoms with Crippen molar-refractivity contribution < 1.29 is 14.3 Å². The van der Waals surface area contributed by atoms with Crippen molar-refractivity contribution in [1.29, 1.82) is 0 Å². The highest BCUT2D eigenvalue weighted by molar-refractivity contribution is 14.1. The Morgan fingerprint density at radius 2 is 1.85 bits per heavy atom. The second-order valence-electron chi connectivity index (χ2n) is 6.23. The number of methoxy groups -OCH3 is 1. The first kappa shape index (κ1) is 18.7. The number of benzene rings is 2. The molecule has 0 radical (unpaired) electrons. The molecule has 0 spiro atoms. The van der Waals surface area contributed by atoms with Gasteiger partial charge in [0.25, 0.3) is 5.91 Å². The van der Waals surface area contributed by atoms with Gasteiger partial charge in [0.05, 0.1) is 19.2 Å². The molecule has 0 aliphatic heterocycles. The van der Waals surface area contributed by atoms with E-state index in [1.54, 1.807) is 13.2 Å². The summed E-state index contributed by atoms with van der Waals surface area (Å²) in [6, 6.07) is 15.3. The Hall–Kier alpha value is -2.09. The van der Waals surface area contributed by atoms with Crippen molar-refractivity contribution in [2.45, 2.75) is 25.4 Å². The van der Waals surface area contributed by atoms with E-state index >= 15 is 0 Å². The number of hydrogen-bond acceptors (Lipinski definition) is 3. The maximum Gasteiger partial charge on any atom is 0.252 e. The Labute approximate surface area is 166 Å². The van der Waals surface area contributed by atoms with Gasteiger partial charge in [-0.3, -0.25) is 9.59 Å². The molecule has 6 heteroatoms. The van der Waals surface area contributed by atoms with Gasteiger partial charge in [-0.2, -0.15) is 0 Å². The highest BCUT2D eigenvalue weighted by atomic mass is 127. The van der Waals surface area contributed by atoms with Crippen LogP contribution in [0.3, 0.4) is 0 Å². The van der Waals surface area contributed by atoms with Gasteiger partial charge in [0.15, 0.2) is 0 Å². The molecule has 0 heterocycles. The van der Waals surface area contributed by atoms with E-state index in [0.717, 1.165) is 27.7 Å². The van der Waals surface area contributed by atoms with E-state index in [-0.39, 0.29) is 24.4 Å². The van der Waals surface area contributed by atoms with Gasteiger partial charge in [-0.05, 0) is 53.6 Å². The van der Waals surface area contributed by atoms with Gasteiger partial charge in [0, 0.05) is 21.7 Å². The second-order valence-corrected chi connectivity index (χ2v) is 7.39. The van der Waals surface area contributed by atoms with E-state index in [9.17, 15) is 9.59 Å². The van der Waals surface area contributed by atoms with Crippen molar-refractivity contribution >= 4 is 34.4 Å². The third kappa shape index (κ3) is 4.55. The zero-order valence-corrected chi connectivity index (χ0v) is 16.7. The number of nitrogens with zero attached hydrogens (tertiary/aromatic N) is 1. The summed E-state index contributed by atoms with van der Waals surface area (Å²) in [5.41, 5.74) is 1.56. The summed E-state index contributed by atoms with van der Waals surface area (Å²) >= 11 is 2.12. The van der Waals surface area contributed by atoms with Gasteiger partial charge in [0.1, 0.15) is 5.75 Å². The summed E-state index contributed by atoms with van der Waals surface area (Å²) in [6.45, 7) is 0.488. The predicted octanol–water partition coefficient (Wildman–Crippen LogP) is 3.22. The molecule has 1 aliphatic carbocycles. The molecular formula is C20H21IN2O3. The average Bonchev–Trinajstić information content (AvgIpc) is 3.49. The Balaban J connectivity index is 1.64. The number of halogens is 1. The minimum Gasteiger partial charge on any atom is -0.496 e. The molecule has 2 aromatic carbocycles. The highest BCUT2D eigenvalue weighted by Crippen LogP contribution is 2.30. The lowest BCUT2D eigenvalue weighted by molar-refractivity contribution is -0.131. The molecular weight excluding hydrogens is 443 g/mol. The van der Waals surface area contributed by atoms with Crippen LogP contribution in [0.4, 0.5) is 0 Å². The average molecular weight is 464 g/mol. The number of hydrogen-bond donors (Lipinski definition) is 1. The van der Waals surface area contributed by atoms with Crippen LogP contribution < -0.4 is 10.1 Å². The number of para-hydroxylation sites is 1. The predicted molar refractivity (Wildman–Crippen MR) is 108 cm³/mol. The molecule has 1 aliphatic rings. The van der Waals surface area contributed by atoms with Crippen molar-refractivity contribution in [2.75, 3.05) is 13.7 Å². The van der Waals surface area contributed by atoms with Crippen molar-refractivity contribution in [2.24, 2.45) is 0 Å². The number of carbonyl (C=O) groups excluding carboxylic acids is 2. The Morgan fingerprint density at radius 3 is 2.54 bits per heavy atom. The molecule has 0 saturated heterocycles. The summed E-state index contributed by atoms with van der Waals surface area (Å²) in [5.74, 6) is 0.475. The van der Waals surface area contributed by atoms with Gasteiger partial charge in [-0.15, -0.1) is 0 Å². The van der Waals surface area contributed by atoms with E-state index in [4.69, 9.17) is 4.74 Å². The van der Waals surface area contributed by atoms with Crippen LogP contribution in [-0.4, -0.2) is 36.4 Å². The number of ether oxygens (including phenoxy) is 1. The summed E-state index contributed by atoms with van der Waals surface area (Å²) < 4.78 is 6.25. The number of nitrogens with one attached hydrogen (secondary N) is 1. The second kappa shape index (κ2) is 8.53. The summed E-state index contributed by atoms with van der Waals surface area (Å²) in [5, 5.41) is 2.75. The van der Waals surface area contributed by atoms with Gasteiger partial charge < -0.3 is 15.0 Å². The number of carbonyl (C=O) groups is 2. The highest BCUT2D eigenvalue weighted by Gasteiger charge is 2.33. The fraction of sp³-hybridized carbons (Fsp3) is 0.300. The molecule has 0 unspecified atom stereocenters. The van der Waals surface area contributed by atoms with Crippen LogP contribution >= 0.6 is 22.6 Å². The van der Waals surface area contributed by atoms with E-state index in [1.165, 1.54) is 0 Å². The zero-order chi connectivity index (χ0) is 18.5. The third-order valence-electron chi connectivity index (χ3n) is 4.36. The largest absolute Gasteiger partial charge is 0.496 e. The summed E-state index contributed by atoms with van der Waals surface area (Å²) in [6.07, 6.45) is 2.01. The zero-order valence-electron chi connectivity index (χ0n) is 14.6. The standard InChI is InChI=1S/C20H21IN2O3/c1-26-18-9-5-2-6-14(18)13-23(15-10-11-15)19(24)12-22-20(25)16-7-3-4-8-17(16)21/h2-9,15H,10-13H2,1H3,(H,22,25). The van der Waals surface area contributed by atoms with Crippen molar-refractivity contribution in [1.82, 2.24) is 10.2 Å². The Morgan fingerprint density at radius 1 is 1.15 bits per heavy atom. The van der Waals surface area contributed by atoms with Crippen LogP contribution in [0, 0.1) is 3.57 Å². The molecule has 2 aromatic rings. The normalized spacial score (nSPS) is 13.2. The van der Waals surface area contributed by atoms with Crippen LogP contribution in [0.2, 0.25) is 0 Å². The first-order valence-corrected chi connectivity index (χ1v) is 9.62. The molecule has 0 atom stereocenters. The molecule has 1 fully saturated rings. The lowest BCUT2D eigenvalue weighted by atomic mass is 10.2. The molecule has 0 aromatic heterocycles. The van der Waals surface area contributed by atoms with Crippen LogP contribution in [0.5, 0.6) is 5.75 Å². The van der Waals surface area contributed by atoms with Crippen molar-refractivity contribution in [3.05, 3.63) is 63.2 Å². The number of amides is 2. The fourth-order valence-electron chi connectivity index (χ4n) is 2.82. The maximum absolute atomic E-state index is 12.7. The van der Waals surface area contributed by atoms with Crippen LogP contribution in [0.15, 0.2) is 48.5 Å². The smallest absolute Gasteiger partial charge is 0.252 e. The molecule has 0 bridgehead atoms. The van der Waals surface area contributed by atoms with E-state index in [1.807, 2.05) is 47.4 Å². The molecule has 1 saturated carbocycles. The minimum atomic E-state index is -0.226. The monoisotopic (exact) mass is 464 g/mol.